The Kier molecular flexibility index (Phi) is 6.35. The molecule has 4 aromatic rings. The second-order valence-electron chi connectivity index (χ2n) is 6.90. The highest BCUT2D eigenvalue weighted by Crippen LogP contribution is 2.29. The Morgan fingerprint density at radius 2 is 1.91 bits per heavy atom. The number of amides is 1. The number of rotatable bonds is 8. The molecule has 11 nitrogen and oxygen atoms in total. The van der Waals surface area contributed by atoms with E-state index in [2.05, 4.69) is 10.4 Å². The van der Waals surface area contributed by atoms with Crippen molar-refractivity contribution in [2.24, 2.45) is 0 Å². The van der Waals surface area contributed by atoms with E-state index in [1.807, 2.05) is 6.07 Å². The van der Waals surface area contributed by atoms with Crippen LogP contribution in [0.5, 0.6) is 5.75 Å². The number of hydrogen-bond donors (Lipinski definition) is 1. The summed E-state index contributed by atoms with van der Waals surface area (Å²) in [7, 11) is 1.37. The number of ether oxygens (including phenoxy) is 2. The van der Waals surface area contributed by atoms with Crippen molar-refractivity contribution < 1.29 is 28.4 Å². The largest absolute Gasteiger partial charge is 0.496 e. The summed E-state index contributed by atoms with van der Waals surface area (Å²) in [4.78, 5) is 35.8. The lowest BCUT2D eigenvalue weighted by Crippen LogP contribution is -2.22. The second-order valence-corrected chi connectivity index (χ2v) is 6.90. The zero-order chi connectivity index (χ0) is 24.1. The van der Waals surface area contributed by atoms with Crippen molar-refractivity contribution in [3.8, 4) is 22.9 Å². The van der Waals surface area contributed by atoms with Gasteiger partial charge in [-0.15, -0.1) is 0 Å². The van der Waals surface area contributed by atoms with Crippen molar-refractivity contribution in [2.45, 2.75) is 0 Å². The van der Waals surface area contributed by atoms with Gasteiger partial charge < -0.3 is 19.2 Å². The number of furan rings is 1. The average Bonchev–Trinajstić information content (AvgIpc) is 3.53. The van der Waals surface area contributed by atoms with Crippen molar-refractivity contribution in [3.05, 3.63) is 88.8 Å². The fourth-order valence-corrected chi connectivity index (χ4v) is 3.12. The third-order valence-electron chi connectivity index (χ3n) is 4.70. The highest BCUT2D eigenvalue weighted by Gasteiger charge is 2.22. The predicted octanol–water partition coefficient (Wildman–Crippen LogP) is 3.84. The molecule has 0 atom stereocenters. The number of esters is 1. The molecule has 1 amide bonds. The summed E-state index contributed by atoms with van der Waals surface area (Å²) in [6.07, 6.45) is 1.48. The number of para-hydroxylation sites is 1. The van der Waals surface area contributed by atoms with E-state index in [4.69, 9.17) is 13.9 Å². The van der Waals surface area contributed by atoms with Crippen LogP contribution in [0.3, 0.4) is 0 Å². The van der Waals surface area contributed by atoms with Crippen molar-refractivity contribution in [1.29, 1.82) is 0 Å². The van der Waals surface area contributed by atoms with Crippen LogP contribution in [-0.4, -0.2) is 40.3 Å². The molecule has 0 aliphatic heterocycles. The zero-order valence-electron chi connectivity index (χ0n) is 17.8. The summed E-state index contributed by atoms with van der Waals surface area (Å²) in [6.45, 7) is -0.669. The van der Waals surface area contributed by atoms with Gasteiger partial charge in [-0.25, -0.2) is 9.48 Å². The first kappa shape index (κ1) is 22.3. The standard InChI is InChI=1S/C23H18N4O7/c1-32-16-9-10-17(19(12-16)27(30)31)24-22(28)14-34-23(29)20-13-18(21-8-5-11-33-21)25-26(20)15-6-3-2-4-7-15/h2-13H,14H2,1H3,(H,24,28). The first-order valence-corrected chi connectivity index (χ1v) is 9.95. The lowest BCUT2D eigenvalue weighted by Gasteiger charge is -2.09. The summed E-state index contributed by atoms with van der Waals surface area (Å²) >= 11 is 0. The Morgan fingerprint density at radius 3 is 2.59 bits per heavy atom. The third kappa shape index (κ3) is 4.78. The van der Waals surface area contributed by atoms with Gasteiger partial charge in [0.1, 0.15) is 17.1 Å². The normalized spacial score (nSPS) is 10.5. The molecule has 0 aliphatic carbocycles. The smallest absolute Gasteiger partial charge is 0.357 e. The number of methoxy groups -OCH3 is 1. The topological polar surface area (TPSA) is 139 Å². The van der Waals surface area contributed by atoms with E-state index >= 15 is 0 Å². The number of carbonyl (C=O) groups is 2. The molecular formula is C23H18N4O7. The van der Waals surface area contributed by atoms with Gasteiger partial charge in [0.2, 0.25) is 0 Å². The molecule has 34 heavy (non-hydrogen) atoms. The Bertz CT molecular complexity index is 1330. The molecule has 2 aromatic carbocycles. The van der Waals surface area contributed by atoms with Gasteiger partial charge in [0.05, 0.1) is 30.1 Å². The lowest BCUT2D eigenvalue weighted by atomic mass is 10.2. The van der Waals surface area contributed by atoms with E-state index in [1.54, 1.807) is 36.4 Å². The number of aromatic nitrogens is 2. The van der Waals surface area contributed by atoms with Gasteiger partial charge in [0.15, 0.2) is 18.1 Å². The molecule has 172 valence electrons. The van der Waals surface area contributed by atoms with Crippen LogP contribution in [0.4, 0.5) is 11.4 Å². The maximum Gasteiger partial charge on any atom is 0.357 e. The van der Waals surface area contributed by atoms with Crippen LogP contribution in [-0.2, 0) is 9.53 Å². The molecule has 0 saturated carbocycles. The fourth-order valence-electron chi connectivity index (χ4n) is 3.12. The van der Waals surface area contributed by atoms with Crippen molar-refractivity contribution in [1.82, 2.24) is 9.78 Å². The van der Waals surface area contributed by atoms with E-state index in [0.717, 1.165) is 0 Å². The molecule has 0 aliphatic rings. The van der Waals surface area contributed by atoms with Gasteiger partial charge in [-0.3, -0.25) is 14.9 Å². The molecule has 2 heterocycles. The number of carbonyl (C=O) groups excluding carboxylic acids is 2. The van der Waals surface area contributed by atoms with Crippen LogP contribution in [0.1, 0.15) is 10.5 Å². The van der Waals surface area contributed by atoms with Crippen LogP contribution < -0.4 is 10.1 Å². The van der Waals surface area contributed by atoms with Crippen LogP contribution >= 0.6 is 0 Å². The van der Waals surface area contributed by atoms with Gasteiger partial charge in [-0.2, -0.15) is 5.10 Å². The molecule has 0 spiro atoms. The number of nitro groups is 1. The summed E-state index contributed by atoms with van der Waals surface area (Å²) in [5, 5.41) is 18.1. The van der Waals surface area contributed by atoms with Crippen LogP contribution in [0, 0.1) is 10.1 Å². The summed E-state index contributed by atoms with van der Waals surface area (Å²) in [6, 6.07) is 17.7. The van der Waals surface area contributed by atoms with Crippen molar-refractivity contribution in [3.63, 3.8) is 0 Å². The molecule has 0 fully saturated rings. The minimum atomic E-state index is -0.812. The summed E-state index contributed by atoms with van der Waals surface area (Å²) in [5.74, 6) is -0.849. The quantitative estimate of drug-likeness (QED) is 0.237. The van der Waals surface area contributed by atoms with Crippen molar-refractivity contribution >= 4 is 23.3 Å². The van der Waals surface area contributed by atoms with Crippen LogP contribution in [0.25, 0.3) is 17.1 Å². The highest BCUT2D eigenvalue weighted by molar-refractivity contribution is 5.97. The number of anilines is 1. The molecule has 11 heteroatoms. The lowest BCUT2D eigenvalue weighted by molar-refractivity contribution is -0.384. The van der Waals surface area contributed by atoms with E-state index in [-0.39, 0.29) is 22.8 Å². The maximum absolute atomic E-state index is 12.8. The van der Waals surface area contributed by atoms with Gasteiger partial charge in [-0.1, -0.05) is 18.2 Å². The molecular weight excluding hydrogens is 444 g/mol. The van der Waals surface area contributed by atoms with Crippen molar-refractivity contribution in [2.75, 3.05) is 19.0 Å². The number of benzene rings is 2. The van der Waals surface area contributed by atoms with Gasteiger partial charge >= 0.3 is 5.97 Å². The first-order valence-electron chi connectivity index (χ1n) is 9.95. The fraction of sp³-hybridized carbons (Fsp3) is 0.0870. The maximum atomic E-state index is 12.8. The predicted molar refractivity (Wildman–Crippen MR) is 120 cm³/mol. The minimum absolute atomic E-state index is 0.0544. The number of nitrogens with one attached hydrogen (secondary N) is 1. The van der Waals surface area contributed by atoms with Gasteiger partial charge in [-0.05, 0) is 36.4 Å². The number of hydrogen-bond acceptors (Lipinski definition) is 8. The van der Waals surface area contributed by atoms with E-state index < -0.39 is 23.4 Å². The van der Waals surface area contributed by atoms with Gasteiger partial charge in [0.25, 0.3) is 11.6 Å². The monoisotopic (exact) mass is 462 g/mol. The molecule has 0 unspecified atom stereocenters. The molecule has 1 N–H and O–H groups in total. The Hall–Kier alpha value is -4.93. The molecule has 2 aromatic heterocycles. The second kappa shape index (κ2) is 9.69. The van der Waals surface area contributed by atoms with E-state index in [1.165, 1.54) is 42.3 Å². The van der Waals surface area contributed by atoms with E-state index in [9.17, 15) is 19.7 Å². The number of nitrogens with zero attached hydrogens (tertiary/aromatic N) is 3. The Morgan fingerprint density at radius 1 is 1.12 bits per heavy atom. The average molecular weight is 462 g/mol. The third-order valence-corrected chi connectivity index (χ3v) is 4.70. The number of nitro benzene ring substituents is 1. The van der Waals surface area contributed by atoms with Gasteiger partial charge in [0, 0.05) is 6.07 Å². The summed E-state index contributed by atoms with van der Waals surface area (Å²) in [5.41, 5.74) is 0.663. The Balaban J connectivity index is 1.51. The highest BCUT2D eigenvalue weighted by atomic mass is 16.6. The summed E-state index contributed by atoms with van der Waals surface area (Å²) < 4.78 is 16.9. The van der Waals surface area contributed by atoms with Crippen LogP contribution in [0.2, 0.25) is 0 Å². The molecule has 0 saturated heterocycles. The molecule has 0 bridgehead atoms. The molecule has 4 rings (SSSR count). The van der Waals surface area contributed by atoms with Crippen LogP contribution in [0.15, 0.2) is 77.4 Å². The minimum Gasteiger partial charge on any atom is -0.496 e. The molecule has 0 radical (unpaired) electrons. The SMILES string of the molecule is COc1ccc(NC(=O)COC(=O)c2cc(-c3ccco3)nn2-c2ccccc2)c([N+](=O)[O-])c1. The Labute approximate surface area is 192 Å². The first-order chi connectivity index (χ1) is 16.5. The van der Waals surface area contributed by atoms with E-state index in [0.29, 0.717) is 17.1 Å². The zero-order valence-corrected chi connectivity index (χ0v) is 17.8.